The normalized spacial score (nSPS) is 10.2. The molecule has 7 nitrogen and oxygen atoms in total. The molecule has 0 atom stereocenters. The lowest BCUT2D eigenvalue weighted by molar-refractivity contribution is -0.121. The van der Waals surface area contributed by atoms with E-state index in [-0.39, 0.29) is 18.4 Å². The zero-order chi connectivity index (χ0) is 12.8. The number of anilines is 1. The van der Waals surface area contributed by atoms with Crippen molar-refractivity contribution in [2.45, 2.75) is 13.0 Å². The van der Waals surface area contributed by atoms with Gasteiger partial charge >= 0.3 is 0 Å². The highest BCUT2D eigenvalue weighted by Crippen LogP contribution is 1.93. The van der Waals surface area contributed by atoms with Crippen LogP contribution in [-0.2, 0) is 17.8 Å². The number of nitrogens with one attached hydrogen (secondary N) is 1. The summed E-state index contributed by atoms with van der Waals surface area (Å²) < 4.78 is 1.39. The van der Waals surface area contributed by atoms with E-state index in [9.17, 15) is 4.79 Å². The smallest absolute Gasteiger partial charge is 0.241 e. The maximum Gasteiger partial charge on any atom is 0.241 e. The highest BCUT2D eigenvalue weighted by molar-refractivity contribution is 5.75. The van der Waals surface area contributed by atoms with E-state index in [0.29, 0.717) is 13.0 Å². The van der Waals surface area contributed by atoms with Crippen LogP contribution in [0.5, 0.6) is 0 Å². The van der Waals surface area contributed by atoms with E-state index in [1.165, 1.54) is 11.0 Å². The number of rotatable bonds is 5. The van der Waals surface area contributed by atoms with Crippen LogP contribution in [0.25, 0.3) is 0 Å². The lowest BCUT2D eigenvalue weighted by Gasteiger charge is -2.04. The second-order valence-electron chi connectivity index (χ2n) is 3.72. The van der Waals surface area contributed by atoms with E-state index in [4.69, 9.17) is 5.73 Å². The number of hydrogen-bond donors (Lipinski definition) is 2. The van der Waals surface area contributed by atoms with Crippen molar-refractivity contribution in [3.63, 3.8) is 0 Å². The minimum Gasteiger partial charge on any atom is -0.367 e. The summed E-state index contributed by atoms with van der Waals surface area (Å²) in [7, 11) is 0. The molecule has 94 valence electrons. The van der Waals surface area contributed by atoms with E-state index >= 15 is 0 Å². The first kappa shape index (κ1) is 12.0. The number of nitrogens with zero attached hydrogens (tertiary/aromatic N) is 4. The second kappa shape index (κ2) is 5.76. The van der Waals surface area contributed by atoms with Gasteiger partial charge in [-0.1, -0.05) is 6.07 Å². The minimum atomic E-state index is -0.129. The lowest BCUT2D eigenvalue weighted by atomic mass is 10.3. The number of aromatic nitrogens is 4. The molecule has 0 saturated heterocycles. The third-order valence-electron chi connectivity index (χ3n) is 2.29. The molecule has 0 saturated carbocycles. The zero-order valence-corrected chi connectivity index (χ0v) is 9.78. The largest absolute Gasteiger partial charge is 0.367 e. The first-order chi connectivity index (χ1) is 8.74. The van der Waals surface area contributed by atoms with Crippen molar-refractivity contribution in [1.82, 2.24) is 25.1 Å². The Balaban J connectivity index is 1.72. The van der Waals surface area contributed by atoms with Crippen molar-refractivity contribution < 1.29 is 4.79 Å². The van der Waals surface area contributed by atoms with Gasteiger partial charge in [0.25, 0.3) is 0 Å². The third-order valence-corrected chi connectivity index (χ3v) is 2.29. The predicted molar refractivity (Wildman–Crippen MR) is 65.4 cm³/mol. The first-order valence-electron chi connectivity index (χ1n) is 5.55. The van der Waals surface area contributed by atoms with Gasteiger partial charge in [-0.3, -0.25) is 9.78 Å². The van der Waals surface area contributed by atoms with Gasteiger partial charge in [0.05, 0.1) is 0 Å². The molecular formula is C11H14N6O. The van der Waals surface area contributed by atoms with Gasteiger partial charge in [-0.15, -0.1) is 5.10 Å². The quantitative estimate of drug-likeness (QED) is 0.749. The molecule has 2 aromatic heterocycles. The fraction of sp³-hybridized carbons (Fsp3) is 0.273. The molecule has 3 N–H and O–H groups in total. The third kappa shape index (κ3) is 3.55. The summed E-state index contributed by atoms with van der Waals surface area (Å²) in [5.41, 5.74) is 6.29. The topological polar surface area (TPSA) is 98.7 Å². The van der Waals surface area contributed by atoms with Crippen molar-refractivity contribution >= 4 is 11.9 Å². The Hall–Kier alpha value is -2.44. The van der Waals surface area contributed by atoms with Gasteiger partial charge in [-0.25, -0.2) is 9.67 Å². The fourth-order valence-electron chi connectivity index (χ4n) is 1.46. The molecule has 0 bridgehead atoms. The van der Waals surface area contributed by atoms with Crippen molar-refractivity contribution in [1.29, 1.82) is 0 Å². The van der Waals surface area contributed by atoms with E-state index in [1.807, 2.05) is 18.2 Å². The van der Waals surface area contributed by atoms with Crippen molar-refractivity contribution in [3.05, 3.63) is 36.4 Å². The van der Waals surface area contributed by atoms with Crippen LogP contribution in [-0.4, -0.2) is 32.2 Å². The molecule has 0 aliphatic rings. The maximum atomic E-state index is 11.6. The number of nitrogen functional groups attached to an aromatic ring is 1. The SMILES string of the molecule is Nc1ncn(CC(=O)NCCc2ccccn2)n1. The molecule has 0 radical (unpaired) electrons. The summed E-state index contributed by atoms with van der Waals surface area (Å²) >= 11 is 0. The van der Waals surface area contributed by atoms with Gasteiger partial charge in [-0.2, -0.15) is 0 Å². The molecule has 0 spiro atoms. The highest BCUT2D eigenvalue weighted by Gasteiger charge is 2.04. The van der Waals surface area contributed by atoms with E-state index in [0.717, 1.165) is 5.69 Å². The zero-order valence-electron chi connectivity index (χ0n) is 9.78. The summed E-state index contributed by atoms with van der Waals surface area (Å²) in [5.74, 6) is 0.0344. The molecule has 0 aliphatic heterocycles. The summed E-state index contributed by atoms with van der Waals surface area (Å²) in [5, 5.41) is 6.61. The van der Waals surface area contributed by atoms with Crippen LogP contribution in [0.2, 0.25) is 0 Å². The monoisotopic (exact) mass is 246 g/mol. The summed E-state index contributed by atoms with van der Waals surface area (Å²) in [6, 6.07) is 5.70. The number of carbonyl (C=O) groups is 1. The Kier molecular flexibility index (Phi) is 3.85. The van der Waals surface area contributed by atoms with Gasteiger partial charge < -0.3 is 11.1 Å². The van der Waals surface area contributed by atoms with Crippen LogP contribution < -0.4 is 11.1 Å². The van der Waals surface area contributed by atoms with Crippen molar-refractivity contribution in [2.75, 3.05) is 12.3 Å². The van der Waals surface area contributed by atoms with Gasteiger partial charge in [-0.05, 0) is 12.1 Å². The molecule has 0 aliphatic carbocycles. The van der Waals surface area contributed by atoms with Crippen molar-refractivity contribution in [3.8, 4) is 0 Å². The standard InChI is InChI=1S/C11H14N6O/c12-11-15-8-17(16-11)7-10(18)14-6-4-9-3-1-2-5-13-9/h1-3,5,8H,4,6-7H2,(H2,12,16)(H,14,18). The summed E-state index contributed by atoms with van der Waals surface area (Å²) in [6.07, 6.45) is 3.86. The van der Waals surface area contributed by atoms with E-state index in [1.54, 1.807) is 6.20 Å². The Morgan fingerprint density at radius 3 is 2.94 bits per heavy atom. The van der Waals surface area contributed by atoms with E-state index in [2.05, 4.69) is 20.4 Å². The van der Waals surface area contributed by atoms with Crippen LogP contribution in [0.3, 0.4) is 0 Å². The van der Waals surface area contributed by atoms with E-state index < -0.39 is 0 Å². The average molecular weight is 246 g/mol. The maximum absolute atomic E-state index is 11.6. The second-order valence-corrected chi connectivity index (χ2v) is 3.72. The molecule has 2 aromatic rings. The molecular weight excluding hydrogens is 232 g/mol. The van der Waals surface area contributed by atoms with Gasteiger partial charge in [0.1, 0.15) is 12.9 Å². The van der Waals surface area contributed by atoms with Crippen LogP contribution in [0, 0.1) is 0 Å². The molecule has 1 amide bonds. The molecule has 2 rings (SSSR count). The number of pyridine rings is 1. The average Bonchev–Trinajstić information content (AvgIpc) is 2.76. The summed E-state index contributed by atoms with van der Waals surface area (Å²) in [4.78, 5) is 19.5. The number of carbonyl (C=O) groups excluding carboxylic acids is 1. The van der Waals surface area contributed by atoms with Gasteiger partial charge in [0, 0.05) is 24.9 Å². The molecule has 2 heterocycles. The van der Waals surface area contributed by atoms with Gasteiger partial charge in [0.15, 0.2) is 0 Å². The Morgan fingerprint density at radius 1 is 1.39 bits per heavy atom. The number of hydrogen-bond acceptors (Lipinski definition) is 5. The van der Waals surface area contributed by atoms with Gasteiger partial charge in [0.2, 0.25) is 11.9 Å². The van der Waals surface area contributed by atoms with Crippen LogP contribution >= 0.6 is 0 Å². The van der Waals surface area contributed by atoms with Crippen LogP contribution in [0.4, 0.5) is 5.95 Å². The van der Waals surface area contributed by atoms with Crippen LogP contribution in [0.15, 0.2) is 30.7 Å². The fourth-order valence-corrected chi connectivity index (χ4v) is 1.46. The van der Waals surface area contributed by atoms with Crippen molar-refractivity contribution in [2.24, 2.45) is 0 Å². The molecule has 7 heteroatoms. The molecule has 0 unspecified atom stereocenters. The van der Waals surface area contributed by atoms with Crippen LogP contribution in [0.1, 0.15) is 5.69 Å². The minimum absolute atomic E-state index is 0.117. The molecule has 0 aromatic carbocycles. The Labute approximate surface area is 104 Å². The number of amides is 1. The predicted octanol–water partition coefficient (Wildman–Crippen LogP) is -0.386. The molecule has 18 heavy (non-hydrogen) atoms. The summed E-state index contributed by atoms with van der Waals surface area (Å²) in [6.45, 7) is 0.659. The number of nitrogens with two attached hydrogens (primary N) is 1. The first-order valence-corrected chi connectivity index (χ1v) is 5.55. The lowest BCUT2D eigenvalue weighted by Crippen LogP contribution is -2.29. The Morgan fingerprint density at radius 2 is 2.28 bits per heavy atom. The Bertz CT molecular complexity index is 509. The molecule has 0 fully saturated rings. The highest BCUT2D eigenvalue weighted by atomic mass is 16.2.